The molecule has 5 aromatic rings. The van der Waals surface area contributed by atoms with Crippen LogP contribution in [-0.4, -0.2) is 61.6 Å². The second kappa shape index (κ2) is 14.0. The molecule has 5 aromatic carbocycles. The molecule has 7 heteroatoms. The molecule has 1 aliphatic heterocycles. The van der Waals surface area contributed by atoms with Gasteiger partial charge in [-0.3, -0.25) is 4.90 Å². The second-order valence-electron chi connectivity index (χ2n) is 12.5. The van der Waals surface area contributed by atoms with Gasteiger partial charge >= 0.3 is 12.1 Å². The number of likely N-dealkylation sites (tertiary alicyclic amines) is 1. The molecule has 1 fully saturated rings. The normalized spacial score (nSPS) is 17.5. The molecule has 1 saturated heterocycles. The van der Waals surface area contributed by atoms with Crippen molar-refractivity contribution in [3.05, 3.63) is 167 Å². The number of methoxy groups -OCH3 is 2. The molecule has 49 heavy (non-hydrogen) atoms. The Balaban J connectivity index is 1.27. The summed E-state index contributed by atoms with van der Waals surface area (Å²) in [5, 5.41) is 10.5. The van der Waals surface area contributed by atoms with Gasteiger partial charge < -0.3 is 24.1 Å². The molecule has 2 aliphatic rings. The maximum absolute atomic E-state index is 14.3. The van der Waals surface area contributed by atoms with E-state index in [1.165, 1.54) is 14.2 Å². The zero-order valence-electron chi connectivity index (χ0n) is 27.8. The summed E-state index contributed by atoms with van der Waals surface area (Å²) in [6, 6.07) is 45.0. The van der Waals surface area contributed by atoms with E-state index in [1.807, 2.05) is 115 Å². The van der Waals surface area contributed by atoms with E-state index < -0.39 is 29.8 Å². The molecule has 0 bridgehead atoms. The third kappa shape index (κ3) is 5.73. The lowest BCUT2D eigenvalue weighted by atomic mass is 9.80. The molecule has 2 atom stereocenters. The fourth-order valence-electron chi connectivity index (χ4n) is 7.77. The van der Waals surface area contributed by atoms with Gasteiger partial charge in [-0.1, -0.05) is 140 Å². The molecular weight excluding hydrogens is 614 g/mol. The van der Waals surface area contributed by atoms with Crippen molar-refractivity contribution >= 4 is 6.09 Å². The zero-order valence-corrected chi connectivity index (χ0v) is 27.8. The van der Waals surface area contributed by atoms with Gasteiger partial charge in [0.1, 0.15) is 18.2 Å². The van der Waals surface area contributed by atoms with Crippen molar-refractivity contribution in [2.24, 2.45) is 0 Å². The van der Waals surface area contributed by atoms with E-state index >= 15 is 0 Å². The van der Waals surface area contributed by atoms with Gasteiger partial charge in [0.25, 0.3) is 0 Å². The minimum atomic E-state index is -1.77. The van der Waals surface area contributed by atoms with Crippen molar-refractivity contribution in [1.82, 2.24) is 4.90 Å². The highest BCUT2D eigenvalue weighted by Crippen LogP contribution is 2.48. The largest absolute Gasteiger partial charge is 0.448 e. The number of amides is 1. The lowest BCUT2D eigenvalue weighted by Crippen LogP contribution is -2.60. The molecule has 1 aliphatic carbocycles. The van der Waals surface area contributed by atoms with Gasteiger partial charge in [-0.05, 0) is 51.8 Å². The second-order valence-corrected chi connectivity index (χ2v) is 12.5. The number of hydrogen-bond acceptors (Lipinski definition) is 6. The fraction of sp³-hybridized carbons (Fsp3) is 0.262. The summed E-state index contributed by atoms with van der Waals surface area (Å²) in [6.45, 7) is -0.102. The molecule has 0 aromatic heterocycles. The van der Waals surface area contributed by atoms with Crippen molar-refractivity contribution in [3.8, 4) is 11.1 Å². The Kier molecular flexibility index (Phi) is 9.34. The average Bonchev–Trinajstić information content (AvgIpc) is 3.76. The monoisotopic (exact) mass is 655 g/mol. The number of aliphatic hydroxyl groups is 1. The number of carbonyl (C=O) groups is 1. The van der Waals surface area contributed by atoms with Crippen molar-refractivity contribution in [2.45, 2.75) is 42.4 Å². The van der Waals surface area contributed by atoms with Crippen molar-refractivity contribution in [1.29, 1.82) is 0 Å². The average molecular weight is 656 g/mol. The SMILES string of the molecule is COC(OC)(OC(c1ccccc1)(c1ccccc1)c1ccccc1)[C@@H]1CC[C@H](CO)N1C(=O)OCC1c2ccccc2-c2ccccc21. The minimum absolute atomic E-state index is 0.113. The Morgan fingerprint density at radius 1 is 0.673 bits per heavy atom. The standard InChI is InChI=1S/C42H41NO6/c1-46-42(47-2,49-41(30-16-6-3-7-17-30,31-18-8-4-9-19-31)32-20-10-5-11-21-32)39-27-26-33(28-44)43(39)40(45)48-29-38-36-24-14-12-22-34(36)35-23-13-15-25-37(35)38/h3-25,33,38-39,44H,26-29H2,1-2H3/t33-,39+/m1/s1. The number of carbonyl (C=O) groups excluding carboxylic acids is 1. The quantitative estimate of drug-likeness (QED) is 0.116. The van der Waals surface area contributed by atoms with Gasteiger partial charge in [0.05, 0.1) is 12.6 Å². The number of benzene rings is 5. The van der Waals surface area contributed by atoms with Crippen LogP contribution in [0.25, 0.3) is 11.1 Å². The third-order valence-electron chi connectivity index (χ3n) is 10.1. The molecule has 7 rings (SSSR count). The lowest BCUT2D eigenvalue weighted by molar-refractivity contribution is -0.406. The minimum Gasteiger partial charge on any atom is -0.448 e. The van der Waals surface area contributed by atoms with Gasteiger partial charge in [0.2, 0.25) is 0 Å². The van der Waals surface area contributed by atoms with Crippen LogP contribution in [0.3, 0.4) is 0 Å². The highest BCUT2D eigenvalue weighted by Gasteiger charge is 2.57. The number of aliphatic hydroxyl groups excluding tert-OH is 1. The van der Waals surface area contributed by atoms with Crippen LogP contribution in [0.15, 0.2) is 140 Å². The summed E-state index contributed by atoms with van der Waals surface area (Å²) in [4.78, 5) is 15.8. The summed E-state index contributed by atoms with van der Waals surface area (Å²) in [7, 11) is 3.05. The molecule has 0 spiro atoms. The summed E-state index contributed by atoms with van der Waals surface area (Å²) in [5.41, 5.74) is 5.91. The summed E-state index contributed by atoms with van der Waals surface area (Å²) < 4.78 is 26.0. The van der Waals surface area contributed by atoms with E-state index in [1.54, 1.807) is 4.90 Å². The van der Waals surface area contributed by atoms with E-state index in [2.05, 4.69) is 24.3 Å². The first-order valence-electron chi connectivity index (χ1n) is 16.8. The van der Waals surface area contributed by atoms with Gasteiger partial charge in [0.15, 0.2) is 0 Å². The van der Waals surface area contributed by atoms with Crippen LogP contribution < -0.4 is 0 Å². The molecule has 1 heterocycles. The molecule has 0 radical (unpaired) electrons. The van der Waals surface area contributed by atoms with Crippen LogP contribution in [0.5, 0.6) is 0 Å². The molecular formula is C42H41NO6. The molecule has 7 nitrogen and oxygen atoms in total. The summed E-state index contributed by atoms with van der Waals surface area (Å²) in [6.07, 6.45) is 0.402. The highest BCUT2D eigenvalue weighted by molar-refractivity contribution is 5.79. The van der Waals surface area contributed by atoms with Gasteiger partial charge in [0, 0.05) is 20.1 Å². The van der Waals surface area contributed by atoms with E-state index in [0.717, 1.165) is 38.9 Å². The number of rotatable bonds is 11. The lowest BCUT2D eigenvalue weighted by Gasteiger charge is -2.47. The number of nitrogens with zero attached hydrogens (tertiary/aromatic N) is 1. The van der Waals surface area contributed by atoms with E-state index in [9.17, 15) is 9.90 Å². The van der Waals surface area contributed by atoms with Gasteiger partial charge in [-0.2, -0.15) is 0 Å². The van der Waals surface area contributed by atoms with Crippen LogP contribution in [-0.2, 0) is 24.5 Å². The number of ether oxygens (including phenoxy) is 4. The maximum atomic E-state index is 14.3. The van der Waals surface area contributed by atoms with Crippen molar-refractivity contribution in [2.75, 3.05) is 27.4 Å². The molecule has 1 N–H and O–H groups in total. The molecule has 0 unspecified atom stereocenters. The maximum Gasteiger partial charge on any atom is 0.410 e. The molecule has 0 saturated carbocycles. The first-order valence-corrected chi connectivity index (χ1v) is 16.8. The Labute approximate surface area is 287 Å². The van der Waals surface area contributed by atoms with Gasteiger partial charge in [-0.25, -0.2) is 4.79 Å². The van der Waals surface area contributed by atoms with Crippen molar-refractivity contribution in [3.63, 3.8) is 0 Å². The van der Waals surface area contributed by atoms with Crippen LogP contribution in [0.1, 0.15) is 46.6 Å². The fourth-order valence-corrected chi connectivity index (χ4v) is 7.77. The zero-order chi connectivity index (χ0) is 33.8. The number of fused-ring (bicyclic) bond motifs is 3. The predicted octanol–water partition coefficient (Wildman–Crippen LogP) is 7.72. The van der Waals surface area contributed by atoms with Crippen LogP contribution in [0.2, 0.25) is 0 Å². The van der Waals surface area contributed by atoms with Crippen LogP contribution in [0, 0.1) is 0 Å². The number of hydrogen-bond donors (Lipinski definition) is 1. The molecule has 1 amide bonds. The van der Waals surface area contributed by atoms with E-state index in [4.69, 9.17) is 18.9 Å². The third-order valence-corrected chi connectivity index (χ3v) is 10.1. The van der Waals surface area contributed by atoms with E-state index in [0.29, 0.717) is 12.8 Å². The smallest absolute Gasteiger partial charge is 0.410 e. The van der Waals surface area contributed by atoms with Gasteiger partial charge in [-0.15, -0.1) is 0 Å². The summed E-state index contributed by atoms with van der Waals surface area (Å²) >= 11 is 0. The van der Waals surface area contributed by atoms with Crippen molar-refractivity contribution < 1.29 is 28.8 Å². The Morgan fingerprint density at radius 2 is 1.12 bits per heavy atom. The molecule has 250 valence electrons. The van der Waals surface area contributed by atoms with Crippen LogP contribution >= 0.6 is 0 Å². The first kappa shape index (κ1) is 32.7. The summed E-state index contributed by atoms with van der Waals surface area (Å²) in [5.74, 6) is -1.88. The Morgan fingerprint density at radius 3 is 1.57 bits per heavy atom. The first-order chi connectivity index (χ1) is 24.1. The topological polar surface area (TPSA) is 77.5 Å². The predicted molar refractivity (Wildman–Crippen MR) is 188 cm³/mol. The van der Waals surface area contributed by atoms with E-state index in [-0.39, 0.29) is 19.1 Å². The highest BCUT2D eigenvalue weighted by atomic mass is 16.9. The Bertz CT molecular complexity index is 1720. The van der Waals surface area contributed by atoms with Crippen LogP contribution in [0.4, 0.5) is 4.79 Å². The Hall–Kier alpha value is -4.79.